The molecule has 1 saturated heterocycles. The van der Waals surface area contributed by atoms with E-state index < -0.39 is 0 Å². The van der Waals surface area contributed by atoms with Crippen LogP contribution in [0.15, 0.2) is 48.5 Å². The van der Waals surface area contributed by atoms with Crippen LogP contribution in [-0.2, 0) is 12.8 Å². The number of para-hydroxylation sites is 2. The first-order valence-electron chi connectivity index (χ1n) is 8.71. The molecule has 0 aliphatic carbocycles. The maximum atomic E-state index is 2.38. The second-order valence-corrected chi connectivity index (χ2v) is 7.39. The zero-order chi connectivity index (χ0) is 14.6. The summed E-state index contributed by atoms with van der Waals surface area (Å²) >= 11 is 0. The van der Waals surface area contributed by atoms with Gasteiger partial charge in [0.2, 0.25) is 0 Å². The first-order chi connectivity index (χ1) is 10.8. The lowest BCUT2D eigenvalue weighted by Crippen LogP contribution is -2.67. The lowest BCUT2D eigenvalue weighted by Gasteiger charge is -2.46. The molecule has 4 heteroatoms. The Labute approximate surface area is 165 Å². The van der Waals surface area contributed by atoms with E-state index in [1.165, 1.54) is 61.1 Å². The summed E-state index contributed by atoms with van der Waals surface area (Å²) < 4.78 is 2.50. The average Bonchev–Trinajstić information content (AvgIpc) is 3.12. The molecule has 3 aliphatic heterocycles. The lowest BCUT2D eigenvalue weighted by atomic mass is 10.1. The van der Waals surface area contributed by atoms with Gasteiger partial charge < -0.3 is 0 Å². The summed E-state index contributed by atoms with van der Waals surface area (Å²) in [7, 11) is 0. The topological polar surface area (TPSA) is 0 Å². The highest BCUT2D eigenvalue weighted by atomic mass is 79.9. The molecule has 0 radical (unpaired) electrons. The molecule has 0 atom stereocenters. The van der Waals surface area contributed by atoms with E-state index in [1.807, 2.05) is 0 Å². The van der Waals surface area contributed by atoms with Gasteiger partial charge in [0.15, 0.2) is 0 Å². The SMILES string of the molecule is Br.Br.c1ccc2c(c1)CC[N+]21CC[N+]2(CCc3ccccc32)CC1. The molecule has 24 heavy (non-hydrogen) atoms. The summed E-state index contributed by atoms with van der Waals surface area (Å²) in [5.41, 5.74) is 6.43. The Bertz CT molecular complexity index is 672. The third-order valence-electron chi connectivity index (χ3n) is 6.54. The zero-order valence-corrected chi connectivity index (χ0v) is 17.4. The van der Waals surface area contributed by atoms with Crippen molar-refractivity contribution in [1.82, 2.24) is 8.97 Å². The summed E-state index contributed by atoms with van der Waals surface area (Å²) in [6.07, 6.45) is 2.54. The standard InChI is InChI=1S/C20H24N2.2BrH/c1-3-7-19-17(5-1)9-11-21(19)13-15-22(16-14-21)12-10-18-6-2-4-8-20(18)22;;/h1-8H,9-16H2;2*1H/q+2;;. The largest absolute Gasteiger partial charge is 0.281 e. The van der Waals surface area contributed by atoms with E-state index >= 15 is 0 Å². The van der Waals surface area contributed by atoms with E-state index in [0.29, 0.717) is 0 Å². The third-order valence-corrected chi connectivity index (χ3v) is 6.54. The predicted molar refractivity (Wildman–Crippen MR) is 114 cm³/mol. The van der Waals surface area contributed by atoms with Crippen LogP contribution in [0.3, 0.4) is 0 Å². The summed E-state index contributed by atoms with van der Waals surface area (Å²) in [5.74, 6) is 0. The molecule has 2 nitrogen and oxygen atoms in total. The smallest absolute Gasteiger partial charge is 0.136 e. The van der Waals surface area contributed by atoms with Gasteiger partial charge in [0.25, 0.3) is 0 Å². The van der Waals surface area contributed by atoms with Crippen LogP contribution >= 0.6 is 34.0 Å². The number of halogens is 2. The quantitative estimate of drug-likeness (QED) is 0.522. The van der Waals surface area contributed by atoms with Gasteiger partial charge in [-0.1, -0.05) is 36.4 Å². The first-order valence-corrected chi connectivity index (χ1v) is 8.71. The minimum atomic E-state index is 0. The van der Waals surface area contributed by atoms with Crippen molar-refractivity contribution in [3.8, 4) is 0 Å². The van der Waals surface area contributed by atoms with Crippen molar-refractivity contribution >= 4 is 45.3 Å². The molecular weight excluding hydrogens is 428 g/mol. The summed E-state index contributed by atoms with van der Waals surface area (Å²) in [6, 6.07) is 18.3. The Balaban J connectivity index is 0.000000845. The molecule has 2 aromatic rings. The molecule has 0 aromatic heterocycles. The van der Waals surface area contributed by atoms with E-state index in [1.54, 1.807) is 22.5 Å². The van der Waals surface area contributed by atoms with Crippen LogP contribution in [0.25, 0.3) is 0 Å². The van der Waals surface area contributed by atoms with E-state index in [0.717, 1.165) is 0 Å². The molecule has 1 fully saturated rings. The van der Waals surface area contributed by atoms with Crippen LogP contribution in [0.4, 0.5) is 11.4 Å². The Morgan fingerprint density at radius 1 is 0.500 bits per heavy atom. The number of rotatable bonds is 0. The van der Waals surface area contributed by atoms with Crippen LogP contribution in [0, 0.1) is 0 Å². The fraction of sp³-hybridized carbons (Fsp3) is 0.400. The number of benzene rings is 2. The molecule has 0 amide bonds. The molecular formula is C20H26Br2N2+2. The normalized spacial score (nSPS) is 29.7. The fourth-order valence-electron chi connectivity index (χ4n) is 5.20. The highest BCUT2D eigenvalue weighted by Gasteiger charge is 2.49. The molecule has 3 aliphatic rings. The molecule has 2 aromatic carbocycles. The van der Waals surface area contributed by atoms with Crippen LogP contribution in [0.5, 0.6) is 0 Å². The van der Waals surface area contributed by atoms with Crippen molar-refractivity contribution in [1.29, 1.82) is 0 Å². The zero-order valence-electron chi connectivity index (χ0n) is 14.0. The number of quaternary nitrogens is 2. The number of hydrogen-bond acceptors (Lipinski definition) is 0. The van der Waals surface area contributed by atoms with Gasteiger partial charge in [-0.15, -0.1) is 34.0 Å². The summed E-state index contributed by atoms with van der Waals surface area (Å²) in [6.45, 7) is 7.88. The van der Waals surface area contributed by atoms with Gasteiger partial charge in [0.05, 0.1) is 13.1 Å². The van der Waals surface area contributed by atoms with E-state index in [4.69, 9.17) is 0 Å². The molecule has 0 saturated carbocycles. The van der Waals surface area contributed by atoms with Gasteiger partial charge in [0, 0.05) is 24.0 Å². The monoisotopic (exact) mass is 452 g/mol. The minimum absolute atomic E-state index is 0. The van der Waals surface area contributed by atoms with Crippen molar-refractivity contribution in [3.63, 3.8) is 0 Å². The van der Waals surface area contributed by atoms with E-state index in [9.17, 15) is 0 Å². The average molecular weight is 454 g/mol. The van der Waals surface area contributed by atoms with Crippen molar-refractivity contribution in [2.24, 2.45) is 0 Å². The maximum absolute atomic E-state index is 2.38. The summed E-state index contributed by atoms with van der Waals surface area (Å²) in [5, 5.41) is 0. The van der Waals surface area contributed by atoms with Gasteiger partial charge in [-0.25, -0.2) is 0 Å². The third kappa shape index (κ3) is 2.50. The Hall–Kier alpha value is -0.680. The number of hydrogen-bond donors (Lipinski definition) is 0. The molecule has 3 heterocycles. The molecule has 0 N–H and O–H groups in total. The van der Waals surface area contributed by atoms with Crippen molar-refractivity contribution in [3.05, 3.63) is 59.7 Å². The Morgan fingerprint density at radius 3 is 1.29 bits per heavy atom. The van der Waals surface area contributed by atoms with Gasteiger partial charge in [-0.2, -0.15) is 0 Å². The van der Waals surface area contributed by atoms with Gasteiger partial charge in [-0.05, 0) is 12.1 Å². The fourth-order valence-corrected chi connectivity index (χ4v) is 5.20. The highest BCUT2D eigenvalue weighted by molar-refractivity contribution is 8.93. The van der Waals surface area contributed by atoms with Gasteiger partial charge in [0.1, 0.15) is 37.6 Å². The Morgan fingerprint density at radius 2 is 0.875 bits per heavy atom. The van der Waals surface area contributed by atoms with Crippen LogP contribution in [0.2, 0.25) is 0 Å². The number of fused-ring (bicyclic) bond motifs is 4. The molecule has 5 rings (SSSR count). The predicted octanol–water partition coefficient (Wildman–Crippen LogP) is 4.28. The van der Waals surface area contributed by atoms with Crippen LogP contribution < -0.4 is 8.97 Å². The number of nitrogens with zero attached hydrogens (tertiary/aromatic N) is 2. The Kier molecular flexibility index (Phi) is 4.95. The highest BCUT2D eigenvalue weighted by Crippen LogP contribution is 2.41. The van der Waals surface area contributed by atoms with E-state index in [-0.39, 0.29) is 34.0 Å². The number of piperazine rings is 1. The molecule has 0 unspecified atom stereocenters. The van der Waals surface area contributed by atoms with Gasteiger partial charge >= 0.3 is 0 Å². The minimum Gasteiger partial charge on any atom is -0.281 e. The second-order valence-electron chi connectivity index (χ2n) is 7.39. The summed E-state index contributed by atoms with van der Waals surface area (Å²) in [4.78, 5) is 0. The van der Waals surface area contributed by atoms with Crippen LogP contribution in [0.1, 0.15) is 11.1 Å². The van der Waals surface area contributed by atoms with Crippen molar-refractivity contribution in [2.75, 3.05) is 39.3 Å². The van der Waals surface area contributed by atoms with Crippen molar-refractivity contribution < 1.29 is 0 Å². The molecule has 128 valence electrons. The lowest BCUT2D eigenvalue weighted by molar-refractivity contribution is 0.154. The second kappa shape index (κ2) is 6.56. The van der Waals surface area contributed by atoms with Gasteiger partial charge in [-0.3, -0.25) is 8.97 Å². The van der Waals surface area contributed by atoms with Crippen LogP contribution in [-0.4, -0.2) is 39.3 Å². The van der Waals surface area contributed by atoms with Crippen molar-refractivity contribution in [2.45, 2.75) is 12.8 Å². The molecule has 2 spiro atoms. The maximum Gasteiger partial charge on any atom is 0.136 e. The molecule has 0 bridgehead atoms. The van der Waals surface area contributed by atoms with E-state index in [2.05, 4.69) is 48.5 Å². The first kappa shape index (κ1) is 18.1.